The molecule has 0 atom stereocenters. The predicted octanol–water partition coefficient (Wildman–Crippen LogP) is 3.32. The Morgan fingerprint density at radius 1 is 0.900 bits per heavy atom. The van der Waals surface area contributed by atoms with Crippen molar-refractivity contribution >= 4 is 5.97 Å². The Balaban J connectivity index is 2.19. The zero-order valence-corrected chi connectivity index (χ0v) is 10.8. The molecule has 1 aliphatic heterocycles. The highest BCUT2D eigenvalue weighted by atomic mass is 16.6. The molecule has 0 aliphatic carbocycles. The maximum absolute atomic E-state index is 11.8. The van der Waals surface area contributed by atoms with Gasteiger partial charge in [-0.05, 0) is 0 Å². The zero-order valence-electron chi connectivity index (χ0n) is 10.8. The first kappa shape index (κ1) is 12.5. The Morgan fingerprint density at radius 2 is 1.40 bits per heavy atom. The van der Waals surface area contributed by atoms with Crippen molar-refractivity contribution in [2.24, 2.45) is 0 Å². The van der Waals surface area contributed by atoms with Gasteiger partial charge >= 0.3 is 5.97 Å². The van der Waals surface area contributed by atoms with E-state index in [1.165, 1.54) is 0 Å². The molecule has 0 spiro atoms. The highest BCUT2D eigenvalue weighted by molar-refractivity contribution is 5.84. The molecule has 0 saturated carbocycles. The Hall–Kier alpha value is -2.55. The summed E-state index contributed by atoms with van der Waals surface area (Å²) in [4.78, 5) is 11.8. The van der Waals surface area contributed by atoms with Gasteiger partial charge in [0.15, 0.2) is 5.60 Å². The van der Waals surface area contributed by atoms with E-state index in [0.29, 0.717) is 0 Å². The lowest BCUT2D eigenvalue weighted by Crippen LogP contribution is -2.36. The summed E-state index contributed by atoms with van der Waals surface area (Å²) in [6.07, 6.45) is 1.37. The molecule has 0 amide bonds. The van der Waals surface area contributed by atoms with E-state index in [2.05, 4.69) is 0 Å². The van der Waals surface area contributed by atoms with Gasteiger partial charge in [0.25, 0.3) is 0 Å². The Bertz CT molecular complexity index is 605. The number of aliphatic hydroxyl groups excluding tert-OH is 1. The van der Waals surface area contributed by atoms with Crippen LogP contribution in [0.5, 0.6) is 0 Å². The van der Waals surface area contributed by atoms with Gasteiger partial charge in [0.05, 0.1) is 12.5 Å². The van der Waals surface area contributed by atoms with E-state index in [0.717, 1.165) is 17.2 Å². The SMILES string of the molecule is O=C1C=C(O)CC(c2ccccc2)(c2ccccc2)O1. The average Bonchev–Trinajstić information content (AvgIpc) is 2.48. The summed E-state index contributed by atoms with van der Waals surface area (Å²) in [5, 5.41) is 9.90. The van der Waals surface area contributed by atoms with Crippen molar-refractivity contribution in [1.29, 1.82) is 0 Å². The summed E-state index contributed by atoms with van der Waals surface area (Å²) in [6.45, 7) is 0. The molecule has 1 heterocycles. The van der Waals surface area contributed by atoms with Gasteiger partial charge in [0.2, 0.25) is 0 Å². The minimum Gasteiger partial charge on any atom is -0.512 e. The molecule has 0 bridgehead atoms. The molecule has 0 fully saturated rings. The van der Waals surface area contributed by atoms with Crippen LogP contribution in [0.25, 0.3) is 0 Å². The fourth-order valence-electron chi connectivity index (χ4n) is 2.58. The summed E-state index contributed by atoms with van der Waals surface area (Å²) in [5.74, 6) is -0.490. The van der Waals surface area contributed by atoms with Gasteiger partial charge in [0.1, 0.15) is 5.76 Å². The number of hydrogen-bond donors (Lipinski definition) is 1. The van der Waals surface area contributed by atoms with Crippen LogP contribution in [0.15, 0.2) is 72.5 Å². The standard InChI is InChI=1S/C17H14O3/c18-15-11-16(19)20-17(12-15,13-7-3-1-4-8-13)14-9-5-2-6-10-14/h1-11,18H,12H2. The molecule has 1 N–H and O–H groups in total. The summed E-state index contributed by atoms with van der Waals surface area (Å²) >= 11 is 0. The summed E-state index contributed by atoms with van der Waals surface area (Å²) in [5.41, 5.74) is 0.733. The molecule has 0 radical (unpaired) electrons. The molecule has 3 rings (SSSR count). The van der Waals surface area contributed by atoms with E-state index in [1.807, 2.05) is 60.7 Å². The van der Waals surface area contributed by atoms with E-state index in [1.54, 1.807) is 0 Å². The van der Waals surface area contributed by atoms with E-state index in [-0.39, 0.29) is 12.2 Å². The Kier molecular flexibility index (Phi) is 3.03. The Labute approximate surface area is 117 Å². The number of cyclic esters (lactones) is 1. The van der Waals surface area contributed by atoms with Crippen molar-refractivity contribution in [1.82, 2.24) is 0 Å². The van der Waals surface area contributed by atoms with E-state index >= 15 is 0 Å². The molecular formula is C17H14O3. The van der Waals surface area contributed by atoms with Crippen LogP contribution in [0.4, 0.5) is 0 Å². The van der Waals surface area contributed by atoms with Crippen LogP contribution in [0.3, 0.4) is 0 Å². The minimum atomic E-state index is -0.960. The molecule has 1 aliphatic rings. The third-order valence-corrected chi connectivity index (χ3v) is 3.47. The quantitative estimate of drug-likeness (QED) is 0.848. The average molecular weight is 266 g/mol. The van der Waals surface area contributed by atoms with Crippen molar-refractivity contribution in [3.63, 3.8) is 0 Å². The molecule has 0 unspecified atom stereocenters. The van der Waals surface area contributed by atoms with Crippen LogP contribution in [0, 0.1) is 0 Å². The number of esters is 1. The number of carbonyl (C=O) groups excluding carboxylic acids is 1. The first-order chi connectivity index (χ1) is 9.71. The highest BCUT2D eigenvalue weighted by Crippen LogP contribution is 2.41. The number of aliphatic hydroxyl groups is 1. The first-order valence-corrected chi connectivity index (χ1v) is 6.44. The van der Waals surface area contributed by atoms with Gasteiger partial charge < -0.3 is 9.84 Å². The number of benzene rings is 2. The molecule has 100 valence electrons. The fraction of sp³-hybridized carbons (Fsp3) is 0.118. The third kappa shape index (κ3) is 2.07. The summed E-state index contributed by atoms with van der Waals surface area (Å²) in [6, 6.07) is 19.0. The molecular weight excluding hydrogens is 252 g/mol. The maximum atomic E-state index is 11.8. The lowest BCUT2D eigenvalue weighted by molar-refractivity contribution is -0.153. The van der Waals surface area contributed by atoms with Gasteiger partial charge in [-0.25, -0.2) is 4.79 Å². The molecule has 2 aromatic carbocycles. The molecule has 0 aromatic heterocycles. The molecule has 3 nitrogen and oxygen atoms in total. The second kappa shape index (κ2) is 4.85. The summed E-state index contributed by atoms with van der Waals surface area (Å²) in [7, 11) is 0. The fourth-order valence-corrected chi connectivity index (χ4v) is 2.58. The number of rotatable bonds is 2. The lowest BCUT2D eigenvalue weighted by Gasteiger charge is -2.36. The van der Waals surface area contributed by atoms with Crippen LogP contribution < -0.4 is 0 Å². The number of carbonyl (C=O) groups is 1. The van der Waals surface area contributed by atoms with Gasteiger partial charge in [-0.1, -0.05) is 60.7 Å². The van der Waals surface area contributed by atoms with Gasteiger partial charge in [-0.2, -0.15) is 0 Å². The Morgan fingerprint density at radius 3 is 1.85 bits per heavy atom. The topological polar surface area (TPSA) is 46.5 Å². The van der Waals surface area contributed by atoms with Crippen LogP contribution in [-0.2, 0) is 15.1 Å². The van der Waals surface area contributed by atoms with Gasteiger partial charge in [-0.15, -0.1) is 0 Å². The normalized spacial score (nSPS) is 17.2. The zero-order chi connectivity index (χ0) is 14.0. The van der Waals surface area contributed by atoms with Crippen molar-refractivity contribution in [3.8, 4) is 0 Å². The van der Waals surface area contributed by atoms with Crippen molar-refractivity contribution in [2.45, 2.75) is 12.0 Å². The van der Waals surface area contributed by atoms with Gasteiger partial charge in [0, 0.05) is 11.1 Å². The van der Waals surface area contributed by atoms with E-state index in [9.17, 15) is 9.90 Å². The third-order valence-electron chi connectivity index (χ3n) is 3.47. The van der Waals surface area contributed by atoms with Crippen molar-refractivity contribution in [2.75, 3.05) is 0 Å². The smallest absolute Gasteiger partial charge is 0.335 e. The minimum absolute atomic E-state index is 0.0361. The lowest BCUT2D eigenvalue weighted by atomic mass is 9.81. The van der Waals surface area contributed by atoms with Crippen LogP contribution in [0.2, 0.25) is 0 Å². The molecule has 3 heteroatoms. The second-order valence-corrected chi connectivity index (χ2v) is 4.79. The largest absolute Gasteiger partial charge is 0.512 e. The van der Waals surface area contributed by atoms with Crippen molar-refractivity contribution in [3.05, 3.63) is 83.6 Å². The monoisotopic (exact) mass is 266 g/mol. The maximum Gasteiger partial charge on any atom is 0.335 e. The summed E-state index contributed by atoms with van der Waals surface area (Å²) < 4.78 is 5.64. The van der Waals surface area contributed by atoms with Crippen LogP contribution >= 0.6 is 0 Å². The van der Waals surface area contributed by atoms with Crippen LogP contribution in [-0.4, -0.2) is 11.1 Å². The van der Waals surface area contributed by atoms with Crippen LogP contribution in [0.1, 0.15) is 17.5 Å². The highest BCUT2D eigenvalue weighted by Gasteiger charge is 2.41. The molecule has 2 aromatic rings. The number of hydrogen-bond acceptors (Lipinski definition) is 3. The van der Waals surface area contributed by atoms with E-state index < -0.39 is 11.6 Å². The second-order valence-electron chi connectivity index (χ2n) is 4.79. The first-order valence-electron chi connectivity index (χ1n) is 6.44. The van der Waals surface area contributed by atoms with E-state index in [4.69, 9.17) is 4.74 Å². The van der Waals surface area contributed by atoms with Crippen molar-refractivity contribution < 1.29 is 14.6 Å². The van der Waals surface area contributed by atoms with Gasteiger partial charge in [-0.3, -0.25) is 0 Å². The predicted molar refractivity (Wildman–Crippen MR) is 75.1 cm³/mol. The molecule has 20 heavy (non-hydrogen) atoms. The number of ether oxygens (including phenoxy) is 1. The molecule has 0 saturated heterocycles.